The predicted molar refractivity (Wildman–Crippen MR) is 122 cm³/mol. The van der Waals surface area contributed by atoms with Crippen LogP contribution in [-0.4, -0.2) is 62.3 Å². The molecule has 1 aliphatic heterocycles. The fraction of sp³-hybridized carbons (Fsp3) is 0.250. The Hall–Kier alpha value is -4.38. The Kier molecular flexibility index (Phi) is 9.00. The number of hydrogen-bond donors (Lipinski definition) is 2. The van der Waals surface area contributed by atoms with Crippen LogP contribution in [0.5, 0.6) is 23.0 Å². The first-order valence-electron chi connectivity index (χ1n) is 10.3. The summed E-state index contributed by atoms with van der Waals surface area (Å²) in [5.41, 5.74) is 0.0176. The van der Waals surface area contributed by atoms with Crippen LogP contribution in [-0.2, 0) is 9.47 Å². The summed E-state index contributed by atoms with van der Waals surface area (Å²) in [7, 11) is 0. The van der Waals surface area contributed by atoms with Crippen molar-refractivity contribution < 1.29 is 29.2 Å². The van der Waals surface area contributed by atoms with Crippen molar-refractivity contribution in [3.05, 3.63) is 58.9 Å². The number of ether oxygens (including phenoxy) is 4. The van der Waals surface area contributed by atoms with E-state index in [1.165, 1.54) is 12.4 Å². The van der Waals surface area contributed by atoms with E-state index in [1.807, 2.05) is 12.1 Å². The van der Waals surface area contributed by atoms with E-state index in [2.05, 4.69) is 9.98 Å². The molecular weight excluding hydrogens is 440 g/mol. The van der Waals surface area contributed by atoms with Crippen molar-refractivity contribution in [3.63, 3.8) is 0 Å². The number of aliphatic imine (C=N–C) groups is 2. The largest absolute Gasteiger partial charge is 0.504 e. The maximum absolute atomic E-state index is 10.4. The molecule has 0 spiro atoms. The first kappa shape index (κ1) is 24.3. The van der Waals surface area contributed by atoms with Gasteiger partial charge in [-0.25, -0.2) is 9.98 Å². The lowest BCUT2D eigenvalue weighted by atomic mass is 10.2. The molecule has 34 heavy (non-hydrogen) atoms. The van der Waals surface area contributed by atoms with Crippen LogP contribution in [0.15, 0.2) is 57.8 Å². The first-order chi connectivity index (χ1) is 16.6. The maximum atomic E-state index is 10.4. The topological polar surface area (TPSA) is 150 Å². The van der Waals surface area contributed by atoms with E-state index in [0.717, 1.165) is 0 Å². The zero-order chi connectivity index (χ0) is 24.2. The van der Waals surface area contributed by atoms with E-state index in [4.69, 9.17) is 18.9 Å². The van der Waals surface area contributed by atoms with Gasteiger partial charge in [0.15, 0.2) is 34.4 Å². The molecule has 3 rings (SSSR count). The number of para-hydroxylation sites is 2. The van der Waals surface area contributed by atoms with Crippen molar-refractivity contribution in [1.82, 2.24) is 0 Å². The highest BCUT2D eigenvalue weighted by atomic mass is 16.6. The summed E-state index contributed by atoms with van der Waals surface area (Å²) >= 11 is 0. The maximum Gasteiger partial charge on any atom is 0.176 e. The molecular formula is C24H22N4O6. The second kappa shape index (κ2) is 12.6. The van der Waals surface area contributed by atoms with Gasteiger partial charge in [0, 0.05) is 23.6 Å². The Balaban J connectivity index is 1.94. The quantitative estimate of drug-likeness (QED) is 0.607. The fourth-order valence-corrected chi connectivity index (χ4v) is 2.82. The van der Waals surface area contributed by atoms with Crippen molar-refractivity contribution in [1.29, 1.82) is 10.5 Å². The zero-order valence-corrected chi connectivity index (χ0v) is 18.2. The van der Waals surface area contributed by atoms with Crippen LogP contribution < -0.4 is 9.47 Å². The molecule has 1 aliphatic rings. The zero-order valence-electron chi connectivity index (χ0n) is 18.2. The van der Waals surface area contributed by atoms with Gasteiger partial charge in [0.2, 0.25) is 0 Å². The molecule has 0 radical (unpaired) electrons. The van der Waals surface area contributed by atoms with Gasteiger partial charge in [-0.2, -0.15) is 10.5 Å². The minimum atomic E-state index is -0.274. The molecule has 0 unspecified atom stereocenters. The second-order valence-electron chi connectivity index (χ2n) is 6.75. The summed E-state index contributed by atoms with van der Waals surface area (Å²) in [6, 6.07) is 13.3. The molecule has 10 heteroatoms. The lowest BCUT2D eigenvalue weighted by Gasteiger charge is -2.11. The molecule has 0 atom stereocenters. The molecule has 0 amide bonds. The van der Waals surface area contributed by atoms with E-state index in [9.17, 15) is 20.7 Å². The number of rotatable bonds is 0. The van der Waals surface area contributed by atoms with Gasteiger partial charge in [-0.05, 0) is 24.3 Å². The van der Waals surface area contributed by atoms with Gasteiger partial charge in [-0.1, -0.05) is 12.1 Å². The van der Waals surface area contributed by atoms with Crippen LogP contribution >= 0.6 is 0 Å². The summed E-state index contributed by atoms with van der Waals surface area (Å²) in [4.78, 5) is 8.02. The van der Waals surface area contributed by atoms with Crippen LogP contribution in [0.25, 0.3) is 0 Å². The minimum Gasteiger partial charge on any atom is -0.504 e. The molecule has 4 bridgehead atoms. The Morgan fingerprint density at radius 3 is 1.47 bits per heavy atom. The number of nitriles is 2. The van der Waals surface area contributed by atoms with Gasteiger partial charge in [0.25, 0.3) is 0 Å². The van der Waals surface area contributed by atoms with E-state index in [0.29, 0.717) is 13.2 Å². The third-order valence-corrected chi connectivity index (χ3v) is 4.50. The fourth-order valence-electron chi connectivity index (χ4n) is 2.82. The SMILES string of the molecule is N#C/C1=C(\C#N)N=Cc2cccc(c2O)OCCOCCOCCOc2cccc(c2O)C=N1. The lowest BCUT2D eigenvalue weighted by Crippen LogP contribution is -2.13. The number of allylic oxidation sites excluding steroid dienone is 2. The van der Waals surface area contributed by atoms with Gasteiger partial charge < -0.3 is 29.2 Å². The molecule has 2 aromatic carbocycles. The van der Waals surface area contributed by atoms with Crippen molar-refractivity contribution in [2.45, 2.75) is 0 Å². The van der Waals surface area contributed by atoms with E-state index in [1.54, 1.807) is 36.4 Å². The molecule has 174 valence electrons. The third-order valence-electron chi connectivity index (χ3n) is 4.50. The second-order valence-corrected chi connectivity index (χ2v) is 6.75. The summed E-state index contributed by atoms with van der Waals surface area (Å²) in [5, 5.41) is 39.8. The molecule has 2 N–H and O–H groups in total. The summed E-state index contributed by atoms with van der Waals surface area (Å²) in [6.45, 7) is 1.66. The van der Waals surface area contributed by atoms with Crippen LogP contribution in [0, 0.1) is 22.7 Å². The van der Waals surface area contributed by atoms with Gasteiger partial charge in [-0.15, -0.1) is 0 Å². The highest BCUT2D eigenvalue weighted by molar-refractivity contribution is 5.87. The number of hydrogen-bond acceptors (Lipinski definition) is 10. The molecule has 10 nitrogen and oxygen atoms in total. The number of phenolic OH excluding ortho intramolecular Hbond substituents is 2. The van der Waals surface area contributed by atoms with Gasteiger partial charge >= 0.3 is 0 Å². The number of phenols is 2. The number of aromatic hydroxyl groups is 2. The molecule has 0 fully saturated rings. The Morgan fingerprint density at radius 2 is 1.06 bits per heavy atom. The monoisotopic (exact) mass is 462 g/mol. The molecule has 0 saturated heterocycles. The predicted octanol–water partition coefficient (Wildman–Crippen LogP) is 2.70. The van der Waals surface area contributed by atoms with Gasteiger partial charge in [0.05, 0.1) is 26.4 Å². The number of nitrogens with zero attached hydrogens (tertiary/aromatic N) is 4. The first-order valence-corrected chi connectivity index (χ1v) is 10.3. The third kappa shape index (κ3) is 6.56. The van der Waals surface area contributed by atoms with Crippen molar-refractivity contribution in [3.8, 4) is 35.1 Å². The molecule has 0 aliphatic carbocycles. The van der Waals surface area contributed by atoms with Gasteiger partial charge in [0.1, 0.15) is 25.4 Å². The Morgan fingerprint density at radius 1 is 0.647 bits per heavy atom. The number of fused-ring (bicyclic) bond motifs is 4. The van der Waals surface area contributed by atoms with E-state index in [-0.39, 0.29) is 71.9 Å². The van der Waals surface area contributed by atoms with E-state index >= 15 is 0 Å². The molecule has 2 aromatic rings. The highest BCUT2D eigenvalue weighted by Gasteiger charge is 2.10. The van der Waals surface area contributed by atoms with Crippen LogP contribution in [0.4, 0.5) is 0 Å². The van der Waals surface area contributed by atoms with Crippen LogP contribution in [0.2, 0.25) is 0 Å². The summed E-state index contributed by atoms with van der Waals surface area (Å²) in [6.07, 6.45) is 2.47. The average molecular weight is 462 g/mol. The summed E-state index contributed by atoms with van der Waals surface area (Å²) < 4.78 is 22.0. The summed E-state index contributed by atoms with van der Waals surface area (Å²) in [5.74, 6) is 0.106. The van der Waals surface area contributed by atoms with E-state index < -0.39 is 0 Å². The molecule has 0 saturated carbocycles. The Bertz CT molecular complexity index is 1090. The smallest absolute Gasteiger partial charge is 0.176 e. The van der Waals surface area contributed by atoms with Crippen LogP contribution in [0.1, 0.15) is 11.1 Å². The van der Waals surface area contributed by atoms with Gasteiger partial charge in [-0.3, -0.25) is 0 Å². The lowest BCUT2D eigenvalue weighted by molar-refractivity contribution is 0.0269. The van der Waals surface area contributed by atoms with Crippen molar-refractivity contribution >= 4 is 12.4 Å². The molecule has 0 aromatic heterocycles. The molecule has 1 heterocycles. The average Bonchev–Trinajstić information content (AvgIpc) is 2.85. The normalized spacial score (nSPS) is 17.7. The minimum absolute atomic E-state index is 0.169. The number of benzene rings is 2. The van der Waals surface area contributed by atoms with Crippen molar-refractivity contribution in [2.75, 3.05) is 39.6 Å². The van der Waals surface area contributed by atoms with Crippen LogP contribution in [0.3, 0.4) is 0 Å². The Labute approximate surface area is 196 Å². The highest BCUT2D eigenvalue weighted by Crippen LogP contribution is 2.30. The standard InChI is InChI=1S/C24H22N4O6/c25-13-19-20(14-26)28-16-18-4-2-6-22(24(18)30)34-12-10-32-8-7-31-9-11-33-21-5-1-3-17(15-27-19)23(21)29/h1-6,15-16,29-30H,7-12H2/b20-19-,27-15?,28-16?. The van der Waals surface area contributed by atoms with Crippen molar-refractivity contribution in [2.24, 2.45) is 9.98 Å².